The molecule has 0 fully saturated rings. The van der Waals surface area contributed by atoms with Crippen molar-refractivity contribution in [2.75, 3.05) is 11.9 Å². The van der Waals surface area contributed by atoms with Crippen LogP contribution in [0, 0.1) is 0 Å². The molecule has 0 aliphatic carbocycles. The molecule has 1 N–H and O–H groups in total. The van der Waals surface area contributed by atoms with Crippen molar-refractivity contribution in [3.8, 4) is 17.0 Å². The highest BCUT2D eigenvalue weighted by atomic mass is 35.5. The van der Waals surface area contributed by atoms with Crippen molar-refractivity contribution < 1.29 is 9.53 Å². The third-order valence-electron chi connectivity index (χ3n) is 3.49. The average molecular weight is 373 g/mol. The molecule has 2 aromatic carbocycles. The lowest BCUT2D eigenvalue weighted by Gasteiger charge is -2.03. The van der Waals surface area contributed by atoms with Crippen molar-refractivity contribution in [1.29, 1.82) is 0 Å². The van der Waals surface area contributed by atoms with E-state index in [0.29, 0.717) is 16.8 Å². The van der Waals surface area contributed by atoms with Gasteiger partial charge in [-0.2, -0.15) is 0 Å². The minimum atomic E-state index is -0.102. The summed E-state index contributed by atoms with van der Waals surface area (Å²) in [6.45, 7) is 2.59. The molecule has 1 amide bonds. The van der Waals surface area contributed by atoms with Gasteiger partial charge in [0, 0.05) is 16.0 Å². The second-order valence-corrected chi connectivity index (χ2v) is 6.64. The summed E-state index contributed by atoms with van der Waals surface area (Å²) >= 11 is 7.25. The highest BCUT2D eigenvalue weighted by Crippen LogP contribution is 2.26. The first-order valence-corrected chi connectivity index (χ1v) is 9.13. The third kappa shape index (κ3) is 4.81. The molecule has 3 rings (SSSR count). The van der Waals surface area contributed by atoms with Gasteiger partial charge < -0.3 is 10.1 Å². The van der Waals surface area contributed by atoms with Crippen molar-refractivity contribution in [2.24, 2.45) is 0 Å². The van der Waals surface area contributed by atoms with Gasteiger partial charge in [-0.15, -0.1) is 11.3 Å². The highest BCUT2D eigenvalue weighted by Gasteiger charge is 2.09. The van der Waals surface area contributed by atoms with E-state index in [1.807, 2.05) is 48.7 Å². The molecule has 0 saturated heterocycles. The van der Waals surface area contributed by atoms with Gasteiger partial charge in [0.15, 0.2) is 5.13 Å². The molecule has 1 aromatic heterocycles. The van der Waals surface area contributed by atoms with Crippen LogP contribution >= 0.6 is 22.9 Å². The summed E-state index contributed by atoms with van der Waals surface area (Å²) in [6.07, 6.45) is 0.287. The number of nitrogens with zero attached hydrogens (tertiary/aromatic N) is 1. The number of aromatic nitrogens is 1. The van der Waals surface area contributed by atoms with Crippen LogP contribution in [0.25, 0.3) is 11.3 Å². The second-order valence-electron chi connectivity index (χ2n) is 5.35. The van der Waals surface area contributed by atoms with E-state index in [0.717, 1.165) is 22.6 Å². The van der Waals surface area contributed by atoms with E-state index in [9.17, 15) is 4.79 Å². The fraction of sp³-hybridized carbons (Fsp3) is 0.158. The topological polar surface area (TPSA) is 51.2 Å². The Kier molecular flexibility index (Phi) is 5.68. The molecule has 0 aliphatic heterocycles. The van der Waals surface area contributed by atoms with Crippen molar-refractivity contribution in [2.45, 2.75) is 13.3 Å². The first kappa shape index (κ1) is 17.5. The molecule has 0 radical (unpaired) electrons. The van der Waals surface area contributed by atoms with Crippen molar-refractivity contribution in [3.05, 3.63) is 64.5 Å². The molecule has 3 aromatic rings. The molecule has 1 heterocycles. The molecule has 0 atom stereocenters. The standard InChI is InChI=1S/C19H17ClN2O2S/c1-2-24-16-9-5-14(6-10-16)17-12-25-19(21-17)22-18(23)11-13-3-7-15(20)8-4-13/h3-10,12H,2,11H2,1H3,(H,21,22,23). The quantitative estimate of drug-likeness (QED) is 0.659. The maximum Gasteiger partial charge on any atom is 0.230 e. The van der Waals surface area contributed by atoms with Gasteiger partial charge in [-0.3, -0.25) is 4.79 Å². The lowest BCUT2D eigenvalue weighted by atomic mass is 10.1. The average Bonchev–Trinajstić information content (AvgIpc) is 3.06. The van der Waals surface area contributed by atoms with Crippen LogP contribution in [0.15, 0.2) is 53.9 Å². The Morgan fingerprint density at radius 2 is 1.88 bits per heavy atom. The van der Waals surface area contributed by atoms with E-state index in [1.54, 1.807) is 12.1 Å². The zero-order chi connectivity index (χ0) is 17.6. The number of thiazole rings is 1. The lowest BCUT2D eigenvalue weighted by molar-refractivity contribution is -0.115. The number of halogens is 1. The Bertz CT molecular complexity index is 845. The molecule has 0 bridgehead atoms. The monoisotopic (exact) mass is 372 g/mol. The van der Waals surface area contributed by atoms with Gasteiger partial charge in [-0.05, 0) is 48.9 Å². The number of hydrogen-bond acceptors (Lipinski definition) is 4. The third-order valence-corrected chi connectivity index (χ3v) is 4.50. The van der Waals surface area contributed by atoms with Gasteiger partial charge in [0.2, 0.25) is 5.91 Å². The number of rotatable bonds is 6. The molecule has 0 spiro atoms. The first-order chi connectivity index (χ1) is 12.1. The van der Waals surface area contributed by atoms with Crippen molar-refractivity contribution in [1.82, 2.24) is 4.98 Å². The Morgan fingerprint density at radius 1 is 1.16 bits per heavy atom. The molecule has 4 nitrogen and oxygen atoms in total. The largest absolute Gasteiger partial charge is 0.494 e. The van der Waals surface area contributed by atoms with Gasteiger partial charge >= 0.3 is 0 Å². The van der Waals surface area contributed by atoms with E-state index in [1.165, 1.54) is 11.3 Å². The minimum Gasteiger partial charge on any atom is -0.494 e. The van der Waals surface area contributed by atoms with E-state index >= 15 is 0 Å². The Morgan fingerprint density at radius 3 is 2.56 bits per heavy atom. The van der Waals surface area contributed by atoms with Crippen LogP contribution in [-0.4, -0.2) is 17.5 Å². The number of hydrogen-bond donors (Lipinski definition) is 1. The zero-order valence-corrected chi connectivity index (χ0v) is 15.2. The van der Waals surface area contributed by atoms with Gasteiger partial charge in [-0.25, -0.2) is 4.98 Å². The molecule has 25 heavy (non-hydrogen) atoms. The van der Waals surface area contributed by atoms with Crippen LogP contribution in [0.1, 0.15) is 12.5 Å². The lowest BCUT2D eigenvalue weighted by Crippen LogP contribution is -2.14. The highest BCUT2D eigenvalue weighted by molar-refractivity contribution is 7.14. The molecular weight excluding hydrogens is 356 g/mol. The van der Waals surface area contributed by atoms with E-state index in [2.05, 4.69) is 10.3 Å². The van der Waals surface area contributed by atoms with Crippen molar-refractivity contribution in [3.63, 3.8) is 0 Å². The Balaban J connectivity index is 1.62. The predicted molar refractivity (Wildman–Crippen MR) is 103 cm³/mol. The second kappa shape index (κ2) is 8.14. The number of benzene rings is 2. The van der Waals surface area contributed by atoms with Crippen LogP contribution < -0.4 is 10.1 Å². The van der Waals surface area contributed by atoms with E-state index in [4.69, 9.17) is 16.3 Å². The summed E-state index contributed by atoms with van der Waals surface area (Å²) in [6, 6.07) is 15.0. The van der Waals surface area contributed by atoms with Crippen LogP contribution in [0.5, 0.6) is 5.75 Å². The van der Waals surface area contributed by atoms with Crippen LogP contribution in [0.3, 0.4) is 0 Å². The van der Waals surface area contributed by atoms with Gasteiger partial charge in [-0.1, -0.05) is 23.7 Å². The molecule has 0 unspecified atom stereocenters. The number of anilines is 1. The maximum absolute atomic E-state index is 12.1. The molecular formula is C19H17ClN2O2S. The zero-order valence-electron chi connectivity index (χ0n) is 13.7. The summed E-state index contributed by atoms with van der Waals surface area (Å²) in [5.41, 5.74) is 2.72. The first-order valence-electron chi connectivity index (χ1n) is 7.87. The van der Waals surface area contributed by atoms with Crippen LogP contribution in [0.2, 0.25) is 5.02 Å². The minimum absolute atomic E-state index is 0.102. The fourth-order valence-corrected chi connectivity index (χ4v) is 3.17. The Hall–Kier alpha value is -2.37. The fourth-order valence-electron chi connectivity index (χ4n) is 2.30. The summed E-state index contributed by atoms with van der Waals surface area (Å²) < 4.78 is 5.44. The van der Waals surface area contributed by atoms with Crippen LogP contribution in [-0.2, 0) is 11.2 Å². The molecule has 0 saturated carbocycles. The summed E-state index contributed by atoms with van der Waals surface area (Å²) in [5.74, 6) is 0.730. The van der Waals surface area contributed by atoms with Gasteiger partial charge in [0.1, 0.15) is 5.75 Å². The smallest absolute Gasteiger partial charge is 0.230 e. The van der Waals surface area contributed by atoms with E-state index < -0.39 is 0 Å². The van der Waals surface area contributed by atoms with Crippen LogP contribution in [0.4, 0.5) is 5.13 Å². The Labute approximate surface area is 155 Å². The SMILES string of the molecule is CCOc1ccc(-c2csc(NC(=O)Cc3ccc(Cl)cc3)n2)cc1. The summed E-state index contributed by atoms with van der Waals surface area (Å²) in [5, 5.41) is 6.00. The number of nitrogens with one attached hydrogen (secondary N) is 1. The normalized spacial score (nSPS) is 10.5. The van der Waals surface area contributed by atoms with Gasteiger partial charge in [0.05, 0.1) is 18.7 Å². The molecule has 128 valence electrons. The number of carbonyl (C=O) groups excluding carboxylic acids is 1. The summed E-state index contributed by atoms with van der Waals surface area (Å²) in [7, 11) is 0. The summed E-state index contributed by atoms with van der Waals surface area (Å²) in [4.78, 5) is 16.6. The van der Waals surface area contributed by atoms with Gasteiger partial charge in [0.25, 0.3) is 0 Å². The molecule has 0 aliphatic rings. The van der Waals surface area contributed by atoms with Crippen molar-refractivity contribution >= 4 is 34.0 Å². The maximum atomic E-state index is 12.1. The number of carbonyl (C=O) groups is 1. The molecule has 6 heteroatoms. The predicted octanol–water partition coefficient (Wildman–Crippen LogP) is 5.04. The number of amides is 1. The number of ether oxygens (including phenoxy) is 1. The van der Waals surface area contributed by atoms with E-state index in [-0.39, 0.29) is 12.3 Å².